The third kappa shape index (κ3) is 3.73. The highest BCUT2D eigenvalue weighted by Crippen LogP contribution is 2.47. The molecule has 2 aromatic rings. The van der Waals surface area contributed by atoms with Crippen LogP contribution in [0.25, 0.3) is 5.57 Å². The number of aliphatic hydroxyl groups excluding tert-OH is 1. The number of benzene rings is 2. The van der Waals surface area contributed by atoms with Gasteiger partial charge in [0.2, 0.25) is 11.5 Å². The summed E-state index contributed by atoms with van der Waals surface area (Å²) in [6.45, 7) is 0. The molecule has 7 nitrogen and oxygen atoms in total. The van der Waals surface area contributed by atoms with Gasteiger partial charge in [-0.15, -0.1) is 0 Å². The molecule has 0 saturated heterocycles. The zero-order valence-electron chi connectivity index (χ0n) is 18.1. The molecule has 0 aliphatic heterocycles. The molecule has 0 bridgehead atoms. The van der Waals surface area contributed by atoms with Gasteiger partial charge in [0, 0.05) is 5.92 Å². The van der Waals surface area contributed by atoms with Crippen LogP contribution in [0, 0.1) is 0 Å². The second-order valence-electron chi connectivity index (χ2n) is 6.82. The summed E-state index contributed by atoms with van der Waals surface area (Å²) >= 11 is 0. The van der Waals surface area contributed by atoms with Gasteiger partial charge in [-0.25, -0.2) is 0 Å². The van der Waals surface area contributed by atoms with E-state index in [9.17, 15) is 5.11 Å². The average Bonchev–Trinajstić information content (AvgIpc) is 3.17. The third-order valence-corrected chi connectivity index (χ3v) is 5.40. The number of methoxy groups -OCH3 is 6. The lowest BCUT2D eigenvalue weighted by molar-refractivity contribution is 0.208. The highest BCUT2D eigenvalue weighted by molar-refractivity contribution is 5.76. The van der Waals surface area contributed by atoms with Crippen molar-refractivity contribution in [2.75, 3.05) is 42.7 Å². The monoisotopic (exact) mass is 416 g/mol. The normalized spacial score (nSPS) is 17.9. The quantitative estimate of drug-likeness (QED) is 0.704. The van der Waals surface area contributed by atoms with Crippen molar-refractivity contribution in [2.24, 2.45) is 0 Å². The molecule has 1 N–H and O–H groups in total. The molecule has 3 rings (SSSR count). The fourth-order valence-electron chi connectivity index (χ4n) is 3.89. The molecule has 0 amide bonds. The van der Waals surface area contributed by atoms with Crippen LogP contribution in [0.5, 0.6) is 34.5 Å². The fraction of sp³-hybridized carbons (Fsp3) is 0.391. The SMILES string of the molecule is COc1cc(C2=CC[C@H](c3cc(OC)c(OC)c(OC)c3)[C@@H]2O)cc(OC)c1OC. The van der Waals surface area contributed by atoms with Gasteiger partial charge in [0.05, 0.1) is 48.8 Å². The summed E-state index contributed by atoms with van der Waals surface area (Å²) < 4.78 is 32.6. The van der Waals surface area contributed by atoms with Crippen LogP contribution in [-0.4, -0.2) is 53.9 Å². The molecule has 2 atom stereocenters. The Morgan fingerprint density at radius 3 is 1.50 bits per heavy atom. The van der Waals surface area contributed by atoms with E-state index >= 15 is 0 Å². The Kier molecular flexibility index (Phi) is 6.62. The molecule has 162 valence electrons. The Labute approximate surface area is 176 Å². The van der Waals surface area contributed by atoms with E-state index in [1.54, 1.807) is 42.7 Å². The van der Waals surface area contributed by atoms with E-state index in [-0.39, 0.29) is 5.92 Å². The van der Waals surface area contributed by atoms with Crippen molar-refractivity contribution in [1.29, 1.82) is 0 Å². The van der Waals surface area contributed by atoms with Gasteiger partial charge in [-0.05, 0) is 47.4 Å². The van der Waals surface area contributed by atoms with E-state index in [0.29, 0.717) is 40.9 Å². The Morgan fingerprint density at radius 2 is 1.10 bits per heavy atom. The Balaban J connectivity index is 1.98. The van der Waals surface area contributed by atoms with E-state index in [2.05, 4.69) is 0 Å². The van der Waals surface area contributed by atoms with Crippen molar-refractivity contribution in [3.05, 3.63) is 41.5 Å². The zero-order valence-corrected chi connectivity index (χ0v) is 18.1. The molecule has 0 heterocycles. The minimum absolute atomic E-state index is 0.159. The van der Waals surface area contributed by atoms with Gasteiger partial charge in [-0.3, -0.25) is 0 Å². The first-order valence-electron chi connectivity index (χ1n) is 9.51. The summed E-state index contributed by atoms with van der Waals surface area (Å²) in [5, 5.41) is 11.2. The molecular formula is C23H28O7. The minimum Gasteiger partial charge on any atom is -0.493 e. The average molecular weight is 416 g/mol. The van der Waals surface area contributed by atoms with Crippen molar-refractivity contribution >= 4 is 5.57 Å². The van der Waals surface area contributed by atoms with Gasteiger partial charge in [0.25, 0.3) is 0 Å². The minimum atomic E-state index is -0.726. The second-order valence-corrected chi connectivity index (χ2v) is 6.82. The third-order valence-electron chi connectivity index (χ3n) is 5.40. The lowest BCUT2D eigenvalue weighted by Gasteiger charge is -2.22. The van der Waals surface area contributed by atoms with Gasteiger partial charge in [0.1, 0.15) is 0 Å². The molecule has 0 spiro atoms. The maximum Gasteiger partial charge on any atom is 0.203 e. The molecule has 7 heteroatoms. The van der Waals surface area contributed by atoms with Crippen LogP contribution in [-0.2, 0) is 0 Å². The van der Waals surface area contributed by atoms with Crippen LogP contribution in [0.1, 0.15) is 23.5 Å². The highest BCUT2D eigenvalue weighted by Gasteiger charge is 2.32. The first-order valence-corrected chi connectivity index (χ1v) is 9.51. The van der Waals surface area contributed by atoms with Crippen molar-refractivity contribution in [1.82, 2.24) is 0 Å². The molecule has 1 aliphatic rings. The molecule has 0 saturated carbocycles. The van der Waals surface area contributed by atoms with Crippen LogP contribution in [0.15, 0.2) is 30.3 Å². The summed E-state index contributed by atoms with van der Waals surface area (Å²) in [5.41, 5.74) is 2.51. The largest absolute Gasteiger partial charge is 0.493 e. The maximum atomic E-state index is 11.2. The molecule has 0 unspecified atom stereocenters. The Bertz CT molecular complexity index is 885. The van der Waals surface area contributed by atoms with Crippen LogP contribution in [0.2, 0.25) is 0 Å². The van der Waals surface area contributed by atoms with Crippen LogP contribution in [0.4, 0.5) is 0 Å². The summed E-state index contributed by atoms with van der Waals surface area (Å²) in [6.07, 6.45) is 1.96. The van der Waals surface area contributed by atoms with Gasteiger partial charge in [0.15, 0.2) is 23.0 Å². The van der Waals surface area contributed by atoms with E-state index < -0.39 is 6.10 Å². The molecule has 30 heavy (non-hydrogen) atoms. The van der Waals surface area contributed by atoms with Crippen molar-refractivity contribution < 1.29 is 33.5 Å². The van der Waals surface area contributed by atoms with Crippen molar-refractivity contribution in [3.8, 4) is 34.5 Å². The lowest BCUT2D eigenvalue weighted by atomic mass is 9.90. The molecule has 0 radical (unpaired) electrons. The molecular weight excluding hydrogens is 388 g/mol. The Morgan fingerprint density at radius 1 is 0.667 bits per heavy atom. The topological polar surface area (TPSA) is 75.6 Å². The molecule has 0 fully saturated rings. The molecule has 1 aliphatic carbocycles. The number of allylic oxidation sites excluding steroid dienone is 1. The van der Waals surface area contributed by atoms with E-state index in [0.717, 1.165) is 16.7 Å². The van der Waals surface area contributed by atoms with Crippen molar-refractivity contribution in [3.63, 3.8) is 0 Å². The molecule has 0 aromatic heterocycles. The van der Waals surface area contributed by atoms with E-state index in [1.165, 1.54) is 0 Å². The van der Waals surface area contributed by atoms with Crippen LogP contribution >= 0.6 is 0 Å². The smallest absolute Gasteiger partial charge is 0.203 e. The maximum absolute atomic E-state index is 11.2. The second kappa shape index (κ2) is 9.17. The highest BCUT2D eigenvalue weighted by atomic mass is 16.5. The first kappa shape index (κ1) is 21.6. The zero-order chi connectivity index (χ0) is 21.8. The Hall–Kier alpha value is -3.06. The summed E-state index contributed by atoms with van der Waals surface area (Å²) in [7, 11) is 9.41. The van der Waals surface area contributed by atoms with Crippen LogP contribution in [0.3, 0.4) is 0 Å². The van der Waals surface area contributed by atoms with Gasteiger partial charge >= 0.3 is 0 Å². The number of ether oxygens (including phenoxy) is 6. The summed E-state index contributed by atoms with van der Waals surface area (Å²) in [4.78, 5) is 0. The number of aliphatic hydroxyl groups is 1. The predicted molar refractivity (Wildman–Crippen MR) is 114 cm³/mol. The van der Waals surface area contributed by atoms with Gasteiger partial charge in [-0.1, -0.05) is 6.08 Å². The predicted octanol–water partition coefficient (Wildman–Crippen LogP) is 3.67. The van der Waals surface area contributed by atoms with E-state index in [1.807, 2.05) is 30.3 Å². The summed E-state index contributed by atoms with van der Waals surface area (Å²) in [5.74, 6) is 3.06. The molecule has 2 aromatic carbocycles. The summed E-state index contributed by atoms with van der Waals surface area (Å²) in [6, 6.07) is 7.43. The van der Waals surface area contributed by atoms with E-state index in [4.69, 9.17) is 28.4 Å². The number of hydrogen-bond donors (Lipinski definition) is 1. The standard InChI is InChI=1S/C23H28O7/c1-25-17-9-13(10-18(26-2)22(17)29-5)15-7-8-16(21(15)24)14-11-19(27-3)23(30-6)20(12-14)28-4/h7,9-12,16,21,24H,8H2,1-6H3/t16-,21-/m1/s1. The first-order chi connectivity index (χ1) is 14.5. The number of rotatable bonds is 8. The van der Waals surface area contributed by atoms with Crippen molar-refractivity contribution in [2.45, 2.75) is 18.4 Å². The van der Waals surface area contributed by atoms with Crippen LogP contribution < -0.4 is 28.4 Å². The lowest BCUT2D eigenvalue weighted by Crippen LogP contribution is -2.15. The number of hydrogen-bond acceptors (Lipinski definition) is 7. The fourth-order valence-corrected chi connectivity index (χ4v) is 3.89. The van der Waals surface area contributed by atoms with Gasteiger partial charge < -0.3 is 33.5 Å². The van der Waals surface area contributed by atoms with Gasteiger partial charge in [-0.2, -0.15) is 0 Å².